The third kappa shape index (κ3) is 5.65. The number of carbonyl (C=O) groups is 1. The Hall–Kier alpha value is -1.51. The number of piperidine rings is 1. The molecule has 1 fully saturated rings. The van der Waals surface area contributed by atoms with Gasteiger partial charge in [-0.2, -0.15) is 4.31 Å². The first-order valence-electron chi connectivity index (χ1n) is 9.65. The second kappa shape index (κ2) is 9.55. The second-order valence-corrected chi connectivity index (χ2v) is 11.0. The number of amides is 1. The van der Waals surface area contributed by atoms with Crippen LogP contribution in [0.25, 0.3) is 0 Å². The van der Waals surface area contributed by atoms with Crippen molar-refractivity contribution in [3.05, 3.63) is 57.0 Å². The summed E-state index contributed by atoms with van der Waals surface area (Å²) < 4.78 is 33.5. The first kappa shape index (κ1) is 24.1. The van der Waals surface area contributed by atoms with Crippen molar-refractivity contribution >= 4 is 50.7 Å². The lowest BCUT2D eigenvalue weighted by Crippen LogP contribution is -2.47. The summed E-state index contributed by atoms with van der Waals surface area (Å²) in [6, 6.07) is 9.66. The molecule has 0 aliphatic carbocycles. The van der Waals surface area contributed by atoms with Crippen molar-refractivity contribution in [3.8, 4) is 5.75 Å². The van der Waals surface area contributed by atoms with Gasteiger partial charge >= 0.3 is 0 Å². The zero-order chi connectivity index (χ0) is 22.8. The van der Waals surface area contributed by atoms with E-state index in [0.717, 1.165) is 5.56 Å². The van der Waals surface area contributed by atoms with E-state index in [1.54, 1.807) is 12.1 Å². The number of hydrogen-bond donors (Lipinski definition) is 1. The van der Waals surface area contributed by atoms with Crippen LogP contribution in [0.1, 0.15) is 24.8 Å². The molecular weight excluding hydrogens is 483 g/mol. The van der Waals surface area contributed by atoms with Gasteiger partial charge in [0.05, 0.1) is 11.6 Å². The number of nitrogens with two attached hydrogens (primary N) is 1. The van der Waals surface area contributed by atoms with Crippen LogP contribution in [0.2, 0.25) is 15.1 Å². The molecule has 168 valence electrons. The normalized spacial score (nSPS) is 16.8. The number of primary amides is 1. The Kier molecular flexibility index (Phi) is 7.43. The van der Waals surface area contributed by atoms with Crippen molar-refractivity contribution in [3.63, 3.8) is 0 Å². The molecule has 1 amide bonds. The minimum absolute atomic E-state index is 0.0306. The predicted octanol–water partition coefficient (Wildman–Crippen LogP) is 4.68. The van der Waals surface area contributed by atoms with E-state index in [1.807, 2.05) is 13.0 Å². The summed E-state index contributed by atoms with van der Waals surface area (Å²) in [5.41, 5.74) is 5.80. The van der Waals surface area contributed by atoms with Gasteiger partial charge in [0.2, 0.25) is 15.9 Å². The zero-order valence-electron chi connectivity index (χ0n) is 16.9. The van der Waals surface area contributed by atoms with E-state index in [2.05, 4.69) is 0 Å². The van der Waals surface area contributed by atoms with Gasteiger partial charge in [-0.05, 0) is 61.7 Å². The van der Waals surface area contributed by atoms with Gasteiger partial charge < -0.3 is 10.5 Å². The predicted molar refractivity (Wildman–Crippen MR) is 122 cm³/mol. The second-order valence-electron chi connectivity index (χ2n) is 7.82. The minimum atomic E-state index is -3.83. The topological polar surface area (TPSA) is 89.7 Å². The SMILES string of the molecule is Cc1cc(OCC2(CC(N)=O)CCN(S(=O)(=O)c3cc(Cl)ccc3Cl)CC2)ccc1Cl. The van der Waals surface area contributed by atoms with E-state index in [4.69, 9.17) is 45.3 Å². The molecule has 0 radical (unpaired) electrons. The number of carbonyl (C=O) groups excluding carboxylic acids is 1. The molecule has 0 unspecified atom stereocenters. The number of ether oxygens (including phenoxy) is 1. The fourth-order valence-electron chi connectivity index (χ4n) is 3.70. The fraction of sp³-hybridized carbons (Fsp3) is 0.381. The average Bonchev–Trinajstić information content (AvgIpc) is 2.70. The van der Waals surface area contributed by atoms with E-state index < -0.39 is 21.3 Å². The van der Waals surface area contributed by atoms with Gasteiger partial charge in [0, 0.05) is 35.0 Å². The first-order chi connectivity index (χ1) is 14.5. The van der Waals surface area contributed by atoms with Gasteiger partial charge in [0.15, 0.2) is 0 Å². The molecule has 0 spiro atoms. The van der Waals surface area contributed by atoms with Gasteiger partial charge in [-0.1, -0.05) is 34.8 Å². The highest BCUT2D eigenvalue weighted by Gasteiger charge is 2.41. The van der Waals surface area contributed by atoms with Crippen molar-refractivity contribution in [2.75, 3.05) is 19.7 Å². The highest BCUT2D eigenvalue weighted by Crippen LogP contribution is 2.38. The molecule has 3 rings (SSSR count). The molecule has 0 atom stereocenters. The van der Waals surface area contributed by atoms with Crippen LogP contribution in [-0.2, 0) is 14.8 Å². The highest BCUT2D eigenvalue weighted by molar-refractivity contribution is 7.89. The molecule has 1 aliphatic rings. The van der Waals surface area contributed by atoms with Gasteiger partial charge in [0.25, 0.3) is 0 Å². The number of nitrogens with zero attached hydrogens (tertiary/aromatic N) is 1. The Morgan fingerprint density at radius 2 is 1.74 bits per heavy atom. The van der Waals surface area contributed by atoms with Crippen LogP contribution in [0.15, 0.2) is 41.3 Å². The lowest BCUT2D eigenvalue weighted by molar-refractivity contribution is -0.121. The fourth-order valence-corrected chi connectivity index (χ4v) is 6.00. The van der Waals surface area contributed by atoms with E-state index in [1.165, 1.54) is 22.5 Å². The number of benzene rings is 2. The van der Waals surface area contributed by atoms with Crippen LogP contribution in [0.4, 0.5) is 0 Å². The number of hydrogen-bond acceptors (Lipinski definition) is 4. The van der Waals surface area contributed by atoms with Crippen LogP contribution < -0.4 is 10.5 Å². The Morgan fingerprint density at radius 3 is 2.35 bits per heavy atom. The Bertz CT molecular complexity index is 1080. The monoisotopic (exact) mass is 504 g/mol. The third-order valence-corrected chi connectivity index (χ3v) is 8.56. The van der Waals surface area contributed by atoms with Crippen molar-refractivity contribution in [2.45, 2.75) is 31.1 Å². The largest absolute Gasteiger partial charge is 0.493 e. The standard InChI is InChI=1S/C21H23Cl3N2O4S/c1-14-10-16(3-5-17(14)23)30-13-21(12-20(25)27)6-8-26(9-7-21)31(28,29)19-11-15(22)2-4-18(19)24/h2-5,10-11H,6-9,12-13H2,1H3,(H2,25,27). The molecule has 2 aromatic carbocycles. The number of rotatable bonds is 7. The Labute approximate surface area is 197 Å². The number of halogens is 3. The highest BCUT2D eigenvalue weighted by atomic mass is 35.5. The Balaban J connectivity index is 1.76. The summed E-state index contributed by atoms with van der Waals surface area (Å²) in [5.74, 6) is 0.177. The summed E-state index contributed by atoms with van der Waals surface area (Å²) in [5, 5.41) is 1.03. The summed E-state index contributed by atoms with van der Waals surface area (Å²) in [6.45, 7) is 2.53. The summed E-state index contributed by atoms with van der Waals surface area (Å²) in [6.07, 6.45) is 0.936. The van der Waals surface area contributed by atoms with Gasteiger partial charge in [-0.25, -0.2) is 8.42 Å². The quantitative estimate of drug-likeness (QED) is 0.591. The van der Waals surface area contributed by atoms with Crippen molar-refractivity contribution in [2.24, 2.45) is 11.1 Å². The molecule has 2 aromatic rings. The molecule has 0 bridgehead atoms. The molecular formula is C21H23Cl3N2O4S. The maximum Gasteiger partial charge on any atom is 0.244 e. The maximum absolute atomic E-state index is 13.1. The minimum Gasteiger partial charge on any atom is -0.493 e. The lowest BCUT2D eigenvalue weighted by Gasteiger charge is -2.40. The average molecular weight is 506 g/mol. The van der Waals surface area contributed by atoms with Crippen LogP contribution >= 0.6 is 34.8 Å². The third-order valence-electron chi connectivity index (χ3n) is 5.52. The van der Waals surface area contributed by atoms with Gasteiger partial charge in [-0.15, -0.1) is 0 Å². The molecule has 10 heteroatoms. The number of aryl methyl sites for hydroxylation is 1. The van der Waals surface area contributed by atoms with Gasteiger partial charge in [-0.3, -0.25) is 4.79 Å². The Morgan fingerprint density at radius 1 is 1.10 bits per heavy atom. The summed E-state index contributed by atoms with van der Waals surface area (Å²) in [7, 11) is -3.83. The van der Waals surface area contributed by atoms with Crippen molar-refractivity contribution in [1.29, 1.82) is 0 Å². The van der Waals surface area contributed by atoms with Crippen LogP contribution in [-0.4, -0.2) is 38.3 Å². The molecule has 2 N–H and O–H groups in total. The van der Waals surface area contributed by atoms with Crippen LogP contribution in [0.5, 0.6) is 5.75 Å². The van der Waals surface area contributed by atoms with Crippen molar-refractivity contribution in [1.82, 2.24) is 4.31 Å². The molecule has 6 nitrogen and oxygen atoms in total. The number of sulfonamides is 1. The van der Waals surface area contributed by atoms with E-state index in [0.29, 0.717) is 23.6 Å². The smallest absolute Gasteiger partial charge is 0.244 e. The molecule has 0 aromatic heterocycles. The maximum atomic E-state index is 13.1. The van der Waals surface area contributed by atoms with E-state index in [9.17, 15) is 13.2 Å². The summed E-state index contributed by atoms with van der Waals surface area (Å²) in [4.78, 5) is 11.7. The van der Waals surface area contributed by atoms with Crippen LogP contribution in [0.3, 0.4) is 0 Å². The molecule has 1 heterocycles. The molecule has 1 aliphatic heterocycles. The molecule has 1 saturated heterocycles. The van der Waals surface area contributed by atoms with E-state index in [-0.39, 0.29) is 41.1 Å². The zero-order valence-corrected chi connectivity index (χ0v) is 20.0. The molecule has 0 saturated carbocycles. The summed E-state index contributed by atoms with van der Waals surface area (Å²) >= 11 is 18.1. The lowest BCUT2D eigenvalue weighted by atomic mass is 9.76. The van der Waals surface area contributed by atoms with Crippen molar-refractivity contribution < 1.29 is 17.9 Å². The van der Waals surface area contributed by atoms with Crippen LogP contribution in [0, 0.1) is 12.3 Å². The van der Waals surface area contributed by atoms with Gasteiger partial charge in [0.1, 0.15) is 10.6 Å². The van der Waals surface area contributed by atoms with E-state index >= 15 is 0 Å². The first-order valence-corrected chi connectivity index (χ1v) is 12.2. The molecule has 31 heavy (non-hydrogen) atoms.